The van der Waals surface area contributed by atoms with E-state index < -0.39 is 5.54 Å². The SMILES string of the molecule is N[C@]1(c2ccccc2Cl)C=C(O)CC1=O. The lowest BCUT2D eigenvalue weighted by atomic mass is 9.89. The largest absolute Gasteiger partial charge is 0.512 e. The van der Waals surface area contributed by atoms with Crippen LogP contribution in [0.1, 0.15) is 12.0 Å². The Hall–Kier alpha value is -1.32. The van der Waals surface area contributed by atoms with Crippen LogP contribution < -0.4 is 5.73 Å². The van der Waals surface area contributed by atoms with Crippen LogP contribution in [0, 0.1) is 0 Å². The molecule has 1 aliphatic carbocycles. The van der Waals surface area contributed by atoms with Gasteiger partial charge in [-0.05, 0) is 12.1 Å². The van der Waals surface area contributed by atoms with Gasteiger partial charge < -0.3 is 10.8 Å². The van der Waals surface area contributed by atoms with Crippen molar-refractivity contribution >= 4 is 17.4 Å². The highest BCUT2D eigenvalue weighted by Gasteiger charge is 2.40. The van der Waals surface area contributed by atoms with E-state index >= 15 is 0 Å². The van der Waals surface area contributed by atoms with Gasteiger partial charge in [0.05, 0.1) is 12.2 Å². The Kier molecular flexibility index (Phi) is 2.29. The van der Waals surface area contributed by atoms with Gasteiger partial charge in [-0.25, -0.2) is 0 Å². The van der Waals surface area contributed by atoms with Crippen molar-refractivity contribution in [1.29, 1.82) is 0 Å². The maximum absolute atomic E-state index is 11.7. The first-order valence-corrected chi connectivity index (χ1v) is 4.90. The fourth-order valence-electron chi connectivity index (χ4n) is 1.73. The van der Waals surface area contributed by atoms with Gasteiger partial charge in [-0.3, -0.25) is 4.79 Å². The minimum absolute atomic E-state index is 0.00224. The molecule has 0 bridgehead atoms. The number of Topliss-reactive ketones (excluding diaryl/α,β-unsaturated/α-hetero) is 1. The standard InChI is InChI=1S/C11H10ClNO2/c12-9-4-2-1-3-8(9)11(13)6-7(14)5-10(11)15/h1-4,6,14H,5,13H2/t11-/m0/s1. The molecule has 0 heterocycles. The van der Waals surface area contributed by atoms with Crippen LogP contribution in [0.15, 0.2) is 36.1 Å². The number of aliphatic hydroxyl groups is 1. The van der Waals surface area contributed by atoms with Gasteiger partial charge in [0.15, 0.2) is 5.78 Å². The lowest BCUT2D eigenvalue weighted by Gasteiger charge is -2.21. The summed E-state index contributed by atoms with van der Waals surface area (Å²) < 4.78 is 0. The summed E-state index contributed by atoms with van der Waals surface area (Å²) in [5.41, 5.74) is 5.20. The van der Waals surface area contributed by atoms with Crippen molar-refractivity contribution in [3.05, 3.63) is 46.7 Å². The van der Waals surface area contributed by atoms with Crippen LogP contribution in [0.4, 0.5) is 0 Å². The molecule has 0 radical (unpaired) electrons. The summed E-state index contributed by atoms with van der Waals surface area (Å²) in [6, 6.07) is 6.88. The first-order chi connectivity index (χ1) is 7.04. The summed E-state index contributed by atoms with van der Waals surface area (Å²) in [5, 5.41) is 9.73. The van der Waals surface area contributed by atoms with Crippen LogP contribution in [0.25, 0.3) is 0 Å². The Balaban J connectivity index is 2.56. The smallest absolute Gasteiger partial charge is 0.168 e. The van der Waals surface area contributed by atoms with E-state index in [0.717, 1.165) is 0 Å². The molecule has 0 unspecified atom stereocenters. The molecule has 1 aromatic rings. The zero-order chi connectivity index (χ0) is 11.1. The molecule has 1 aromatic carbocycles. The third-order valence-corrected chi connectivity index (χ3v) is 2.85. The summed E-state index contributed by atoms with van der Waals surface area (Å²) in [6.07, 6.45) is 1.33. The maximum Gasteiger partial charge on any atom is 0.168 e. The lowest BCUT2D eigenvalue weighted by molar-refractivity contribution is -0.121. The van der Waals surface area contributed by atoms with Gasteiger partial charge in [0.1, 0.15) is 5.54 Å². The third-order valence-electron chi connectivity index (χ3n) is 2.52. The number of nitrogens with two attached hydrogens (primary N) is 1. The Morgan fingerprint density at radius 3 is 2.60 bits per heavy atom. The number of rotatable bonds is 1. The van der Waals surface area contributed by atoms with Gasteiger partial charge in [0, 0.05) is 10.6 Å². The van der Waals surface area contributed by atoms with Crippen LogP contribution in [-0.2, 0) is 10.3 Å². The molecule has 0 saturated heterocycles. The molecule has 3 nitrogen and oxygen atoms in total. The van der Waals surface area contributed by atoms with Crippen molar-refractivity contribution in [2.45, 2.75) is 12.0 Å². The second kappa shape index (κ2) is 3.36. The molecule has 1 aliphatic rings. The zero-order valence-electron chi connectivity index (χ0n) is 7.90. The second-order valence-electron chi connectivity index (χ2n) is 3.58. The van der Waals surface area contributed by atoms with E-state index in [-0.39, 0.29) is 18.0 Å². The molecule has 0 saturated carbocycles. The number of benzene rings is 1. The molecule has 3 N–H and O–H groups in total. The third kappa shape index (κ3) is 1.54. The number of carbonyl (C=O) groups excluding carboxylic acids is 1. The molecule has 15 heavy (non-hydrogen) atoms. The van der Waals surface area contributed by atoms with Crippen molar-refractivity contribution in [2.75, 3.05) is 0 Å². The van der Waals surface area contributed by atoms with Gasteiger partial charge in [-0.2, -0.15) is 0 Å². The number of carbonyl (C=O) groups is 1. The Bertz CT molecular complexity index is 456. The van der Waals surface area contributed by atoms with Gasteiger partial charge in [-0.1, -0.05) is 29.8 Å². The number of ketones is 1. The Morgan fingerprint density at radius 2 is 2.07 bits per heavy atom. The normalized spacial score (nSPS) is 25.5. The summed E-state index contributed by atoms with van der Waals surface area (Å²) in [5.74, 6) is -0.240. The molecular weight excluding hydrogens is 214 g/mol. The Labute approximate surface area is 92.2 Å². The predicted octanol–water partition coefficient (Wildman–Crippen LogP) is 1.91. The molecule has 0 aliphatic heterocycles. The van der Waals surface area contributed by atoms with Crippen molar-refractivity contribution < 1.29 is 9.90 Å². The topological polar surface area (TPSA) is 63.3 Å². The van der Waals surface area contributed by atoms with Gasteiger partial charge in [-0.15, -0.1) is 0 Å². The second-order valence-corrected chi connectivity index (χ2v) is 3.99. The average Bonchev–Trinajstić information content (AvgIpc) is 2.42. The molecule has 1 atom stereocenters. The molecule has 0 amide bonds. The molecule has 0 fully saturated rings. The number of hydrogen-bond donors (Lipinski definition) is 2. The van der Waals surface area contributed by atoms with E-state index in [0.29, 0.717) is 10.6 Å². The molecule has 78 valence electrons. The van der Waals surface area contributed by atoms with Crippen LogP contribution in [0.3, 0.4) is 0 Å². The van der Waals surface area contributed by atoms with E-state index in [1.54, 1.807) is 24.3 Å². The summed E-state index contributed by atoms with van der Waals surface area (Å²) in [6.45, 7) is 0. The van der Waals surface area contributed by atoms with Crippen molar-refractivity contribution in [1.82, 2.24) is 0 Å². The Morgan fingerprint density at radius 1 is 1.40 bits per heavy atom. The minimum Gasteiger partial charge on any atom is -0.512 e. The molecular formula is C11H10ClNO2. The zero-order valence-corrected chi connectivity index (χ0v) is 8.66. The fourth-order valence-corrected chi connectivity index (χ4v) is 2.02. The number of allylic oxidation sites excluding steroid dienone is 1. The van der Waals surface area contributed by atoms with E-state index in [2.05, 4.69) is 0 Å². The average molecular weight is 224 g/mol. The van der Waals surface area contributed by atoms with Gasteiger partial charge in [0.25, 0.3) is 0 Å². The first-order valence-electron chi connectivity index (χ1n) is 4.52. The van der Waals surface area contributed by atoms with Crippen LogP contribution >= 0.6 is 11.6 Å². The highest BCUT2D eigenvalue weighted by molar-refractivity contribution is 6.31. The van der Waals surface area contributed by atoms with Crippen molar-refractivity contribution in [2.24, 2.45) is 5.73 Å². The van der Waals surface area contributed by atoms with Crippen LogP contribution in [0.2, 0.25) is 5.02 Å². The van der Waals surface area contributed by atoms with E-state index in [1.165, 1.54) is 6.08 Å². The maximum atomic E-state index is 11.7. The highest BCUT2D eigenvalue weighted by Crippen LogP contribution is 2.34. The summed E-state index contributed by atoms with van der Waals surface area (Å²) in [7, 11) is 0. The van der Waals surface area contributed by atoms with Gasteiger partial charge >= 0.3 is 0 Å². The van der Waals surface area contributed by atoms with E-state index in [4.69, 9.17) is 17.3 Å². The molecule has 0 spiro atoms. The van der Waals surface area contributed by atoms with Crippen LogP contribution in [-0.4, -0.2) is 10.9 Å². The highest BCUT2D eigenvalue weighted by atomic mass is 35.5. The fraction of sp³-hybridized carbons (Fsp3) is 0.182. The number of halogens is 1. The molecule has 2 rings (SSSR count). The summed E-state index contributed by atoms with van der Waals surface area (Å²) in [4.78, 5) is 11.7. The lowest BCUT2D eigenvalue weighted by Crippen LogP contribution is -2.40. The monoisotopic (exact) mass is 223 g/mol. The molecule has 0 aromatic heterocycles. The first kappa shape index (κ1) is 10.2. The van der Waals surface area contributed by atoms with E-state index in [9.17, 15) is 9.90 Å². The molecule has 4 heteroatoms. The van der Waals surface area contributed by atoms with Crippen LogP contribution in [0.5, 0.6) is 0 Å². The van der Waals surface area contributed by atoms with E-state index in [1.807, 2.05) is 0 Å². The van der Waals surface area contributed by atoms with Crippen molar-refractivity contribution in [3.8, 4) is 0 Å². The predicted molar refractivity (Wildman–Crippen MR) is 57.7 cm³/mol. The summed E-state index contributed by atoms with van der Waals surface area (Å²) >= 11 is 5.96. The van der Waals surface area contributed by atoms with Crippen molar-refractivity contribution in [3.63, 3.8) is 0 Å². The quantitative estimate of drug-likeness (QED) is 0.765. The number of hydrogen-bond acceptors (Lipinski definition) is 3. The van der Waals surface area contributed by atoms with Gasteiger partial charge in [0.2, 0.25) is 0 Å². The number of aliphatic hydroxyl groups excluding tert-OH is 1. The minimum atomic E-state index is -1.28.